The largest absolute Gasteiger partial charge is 0.496 e. The molecule has 1 unspecified atom stereocenters. The van der Waals surface area contributed by atoms with Gasteiger partial charge in [-0.1, -0.05) is 12.8 Å². The van der Waals surface area contributed by atoms with Gasteiger partial charge in [-0.05, 0) is 13.3 Å². The number of hydrogen-bond donors (Lipinski definition) is 0. The van der Waals surface area contributed by atoms with Crippen molar-refractivity contribution in [3.8, 4) is 12.3 Å². The molecule has 0 radical (unpaired) electrons. The predicted molar refractivity (Wildman–Crippen MR) is 78.1 cm³/mol. The van der Waals surface area contributed by atoms with Gasteiger partial charge >= 0.3 is 11.9 Å². The Morgan fingerprint density at radius 3 is 2.76 bits per heavy atom. The maximum Gasteiger partial charge on any atom is 0.446 e. The van der Waals surface area contributed by atoms with Crippen molar-refractivity contribution in [3.63, 3.8) is 0 Å². The fourth-order valence-electron chi connectivity index (χ4n) is 2.45. The Labute approximate surface area is 123 Å². The van der Waals surface area contributed by atoms with Crippen molar-refractivity contribution in [3.05, 3.63) is 11.3 Å². The standard InChI is InChI=1S/C15H18N3O3/c1-5-8-18-14(19)11-12(21-7-3)10(6-2)9-16-13(11)17(4)15(18)20/h1,9,11H,6-8H2,2-4H3/q+1. The molecule has 2 aliphatic heterocycles. The normalized spacial score (nSPS) is 21.6. The first-order valence-electron chi connectivity index (χ1n) is 6.86. The number of urea groups is 1. The fourth-order valence-corrected chi connectivity index (χ4v) is 2.45. The van der Waals surface area contributed by atoms with E-state index < -0.39 is 11.9 Å². The zero-order chi connectivity index (χ0) is 15.6. The highest BCUT2D eigenvalue weighted by molar-refractivity contribution is 6.16. The summed E-state index contributed by atoms with van der Waals surface area (Å²) in [4.78, 5) is 30.1. The molecule has 110 valence electrons. The van der Waals surface area contributed by atoms with E-state index in [1.165, 1.54) is 4.58 Å². The summed E-state index contributed by atoms with van der Waals surface area (Å²) in [6.45, 7) is 4.20. The summed E-state index contributed by atoms with van der Waals surface area (Å²) in [5.74, 6) is 2.22. The van der Waals surface area contributed by atoms with Gasteiger partial charge in [0.25, 0.3) is 5.84 Å². The number of nitrogens with zero attached hydrogens (tertiary/aromatic N) is 3. The number of imide groups is 1. The average molecular weight is 288 g/mol. The van der Waals surface area contributed by atoms with Crippen molar-refractivity contribution in [1.82, 2.24) is 4.90 Å². The predicted octanol–water partition coefficient (Wildman–Crippen LogP) is 1.02. The Bertz CT molecular complexity index is 623. The Kier molecular flexibility index (Phi) is 4.22. The maximum absolute atomic E-state index is 12.6. The van der Waals surface area contributed by atoms with Gasteiger partial charge in [-0.3, -0.25) is 4.79 Å². The lowest BCUT2D eigenvalue weighted by atomic mass is 9.94. The second-order valence-corrected chi connectivity index (χ2v) is 4.70. The topological polar surface area (TPSA) is 62.0 Å². The molecule has 0 aromatic heterocycles. The second-order valence-electron chi connectivity index (χ2n) is 4.70. The maximum atomic E-state index is 12.6. The van der Waals surface area contributed by atoms with E-state index in [0.29, 0.717) is 24.6 Å². The van der Waals surface area contributed by atoms with Gasteiger partial charge in [0, 0.05) is 5.57 Å². The number of aliphatic imine (C=N–C) groups is 1. The second kappa shape index (κ2) is 5.92. The van der Waals surface area contributed by atoms with Crippen LogP contribution in [0.2, 0.25) is 0 Å². The first-order valence-corrected chi connectivity index (χ1v) is 6.86. The molecule has 2 rings (SSSR count). The third-order valence-corrected chi connectivity index (χ3v) is 3.49. The molecule has 0 aromatic carbocycles. The van der Waals surface area contributed by atoms with Gasteiger partial charge in [0.15, 0.2) is 5.92 Å². The van der Waals surface area contributed by atoms with E-state index in [1.54, 1.807) is 13.3 Å². The highest BCUT2D eigenvalue weighted by atomic mass is 16.5. The van der Waals surface area contributed by atoms with Gasteiger partial charge in [-0.25, -0.2) is 4.79 Å². The Morgan fingerprint density at radius 1 is 1.48 bits per heavy atom. The molecule has 0 bridgehead atoms. The molecule has 0 spiro atoms. The lowest BCUT2D eigenvalue weighted by Gasteiger charge is -2.28. The smallest absolute Gasteiger partial charge is 0.446 e. The minimum Gasteiger partial charge on any atom is -0.496 e. The van der Waals surface area contributed by atoms with Gasteiger partial charge < -0.3 is 4.74 Å². The van der Waals surface area contributed by atoms with Crippen molar-refractivity contribution in [2.75, 3.05) is 20.2 Å². The number of allylic oxidation sites excluding steroid dienone is 1. The van der Waals surface area contributed by atoms with Gasteiger partial charge in [-0.15, -0.1) is 11.4 Å². The highest BCUT2D eigenvalue weighted by Gasteiger charge is 2.50. The molecule has 2 heterocycles. The zero-order valence-corrected chi connectivity index (χ0v) is 12.4. The van der Waals surface area contributed by atoms with Crippen LogP contribution in [0.4, 0.5) is 4.79 Å². The van der Waals surface area contributed by atoms with E-state index in [-0.39, 0.29) is 12.5 Å². The lowest BCUT2D eigenvalue weighted by molar-refractivity contribution is -0.408. The summed E-state index contributed by atoms with van der Waals surface area (Å²) in [6.07, 6.45) is 7.60. The van der Waals surface area contributed by atoms with Crippen molar-refractivity contribution >= 4 is 24.0 Å². The third-order valence-electron chi connectivity index (χ3n) is 3.49. The molecule has 0 aliphatic carbocycles. The van der Waals surface area contributed by atoms with Crippen LogP contribution in [-0.4, -0.2) is 53.7 Å². The number of ether oxygens (including phenoxy) is 1. The van der Waals surface area contributed by atoms with E-state index in [1.807, 2.05) is 13.8 Å². The van der Waals surface area contributed by atoms with E-state index in [9.17, 15) is 9.59 Å². The third kappa shape index (κ3) is 2.35. The average Bonchev–Trinajstić information content (AvgIpc) is 2.49. The van der Waals surface area contributed by atoms with Crippen LogP contribution in [0, 0.1) is 18.3 Å². The van der Waals surface area contributed by atoms with Crippen LogP contribution in [0.3, 0.4) is 0 Å². The number of amides is 3. The number of terminal acetylenes is 1. The van der Waals surface area contributed by atoms with Crippen LogP contribution in [0.5, 0.6) is 0 Å². The number of hydrogen-bond acceptors (Lipinski definition) is 4. The molecule has 21 heavy (non-hydrogen) atoms. The molecule has 0 fully saturated rings. The van der Waals surface area contributed by atoms with Gasteiger partial charge in [0.05, 0.1) is 13.7 Å². The zero-order valence-electron chi connectivity index (χ0n) is 12.4. The van der Waals surface area contributed by atoms with Crippen molar-refractivity contribution in [2.24, 2.45) is 10.9 Å². The summed E-state index contributed by atoms with van der Waals surface area (Å²) < 4.78 is 7.02. The van der Waals surface area contributed by atoms with Crippen LogP contribution in [0.25, 0.3) is 0 Å². The molecule has 1 atom stereocenters. The van der Waals surface area contributed by atoms with Gasteiger partial charge in [0.2, 0.25) is 0 Å². The summed E-state index contributed by atoms with van der Waals surface area (Å²) in [5, 5.41) is 0. The Hall–Kier alpha value is -2.42. The first-order chi connectivity index (χ1) is 10.1. The molecular weight excluding hydrogens is 270 g/mol. The number of carbonyl (C=O) groups is 2. The summed E-state index contributed by atoms with van der Waals surface area (Å²) >= 11 is 0. The van der Waals surface area contributed by atoms with Gasteiger partial charge in [-0.2, -0.15) is 9.48 Å². The number of amidine groups is 1. The SMILES string of the molecule is C#CCN1C(=O)C2C(OCC)=C(CC)C=NC2=[N+](C)C1=O. The molecular formula is C15H18N3O3+. The van der Waals surface area contributed by atoms with Crippen LogP contribution < -0.4 is 0 Å². The minimum atomic E-state index is -0.694. The Balaban J connectivity index is 2.57. The first kappa shape index (κ1) is 15.0. The molecule has 0 aromatic rings. The van der Waals surface area contributed by atoms with Crippen molar-refractivity contribution in [2.45, 2.75) is 20.3 Å². The summed E-state index contributed by atoms with van der Waals surface area (Å²) in [7, 11) is 1.58. The Morgan fingerprint density at radius 2 is 2.19 bits per heavy atom. The minimum absolute atomic E-state index is 0.0592. The molecule has 0 saturated heterocycles. The number of carbonyl (C=O) groups excluding carboxylic acids is 2. The highest BCUT2D eigenvalue weighted by Crippen LogP contribution is 2.29. The number of fused-ring (bicyclic) bond motifs is 1. The molecule has 6 heteroatoms. The molecule has 0 saturated carbocycles. The lowest BCUT2D eigenvalue weighted by Crippen LogP contribution is -2.55. The van der Waals surface area contributed by atoms with Crippen molar-refractivity contribution in [1.29, 1.82) is 0 Å². The molecule has 3 amide bonds. The number of dihydropyridines is 1. The van der Waals surface area contributed by atoms with Gasteiger partial charge in [0.1, 0.15) is 18.5 Å². The van der Waals surface area contributed by atoms with Crippen molar-refractivity contribution < 1.29 is 18.9 Å². The molecule has 0 N–H and O–H groups in total. The van der Waals surface area contributed by atoms with E-state index in [2.05, 4.69) is 10.9 Å². The molecule has 2 aliphatic rings. The number of rotatable bonds is 4. The fraction of sp³-hybridized carbons (Fsp3) is 0.467. The van der Waals surface area contributed by atoms with E-state index in [4.69, 9.17) is 11.2 Å². The van der Waals surface area contributed by atoms with Crippen LogP contribution >= 0.6 is 0 Å². The van der Waals surface area contributed by atoms with E-state index >= 15 is 0 Å². The summed E-state index contributed by atoms with van der Waals surface area (Å²) in [5.41, 5.74) is 0.863. The quantitative estimate of drug-likeness (QED) is 0.573. The van der Waals surface area contributed by atoms with Crippen LogP contribution in [0.1, 0.15) is 20.3 Å². The molecule has 6 nitrogen and oxygen atoms in total. The van der Waals surface area contributed by atoms with Crippen LogP contribution in [0.15, 0.2) is 16.3 Å². The van der Waals surface area contributed by atoms with E-state index in [0.717, 1.165) is 10.5 Å². The summed E-state index contributed by atoms with van der Waals surface area (Å²) in [6, 6.07) is -0.461. The van der Waals surface area contributed by atoms with Crippen LogP contribution in [-0.2, 0) is 9.53 Å². The monoisotopic (exact) mass is 288 g/mol.